The Morgan fingerprint density at radius 3 is 1.57 bits per heavy atom. The summed E-state index contributed by atoms with van der Waals surface area (Å²) in [5.41, 5.74) is 3.00. The largest absolute Gasteiger partial charge is 0.169 e. The second-order valence-electron chi connectivity index (χ2n) is 5.33. The predicted octanol–water partition coefficient (Wildman–Crippen LogP) is 4.88. The maximum absolute atomic E-state index is 2.31. The summed E-state index contributed by atoms with van der Waals surface area (Å²) in [7, 11) is 0.0247. The van der Waals surface area contributed by atoms with Gasteiger partial charge in [-0.05, 0) is 37.1 Å². The van der Waals surface area contributed by atoms with Gasteiger partial charge in [0, 0.05) is 11.1 Å². The fourth-order valence-corrected chi connectivity index (χ4v) is 5.49. The standard InChI is InChI=1S/C20H17S/c1-2-10-18(11-3-1)21-19-12-6-4-8-16(19)14-15-17-9-5-7-13-20(17)21/h1-13H,14-15H2/q+1. The highest BCUT2D eigenvalue weighted by molar-refractivity contribution is 7.97. The number of rotatable bonds is 1. The Balaban J connectivity index is 1.99. The molecule has 0 bridgehead atoms. The number of benzene rings is 3. The van der Waals surface area contributed by atoms with Gasteiger partial charge in [0.1, 0.15) is 0 Å². The summed E-state index contributed by atoms with van der Waals surface area (Å²) in [5.74, 6) is 0. The summed E-state index contributed by atoms with van der Waals surface area (Å²) in [6.07, 6.45) is 2.28. The van der Waals surface area contributed by atoms with Crippen LogP contribution < -0.4 is 0 Å². The minimum absolute atomic E-state index is 0.0247. The predicted molar refractivity (Wildman–Crippen MR) is 88.9 cm³/mol. The zero-order valence-electron chi connectivity index (χ0n) is 11.8. The lowest BCUT2D eigenvalue weighted by atomic mass is 10.0. The number of hydrogen-bond acceptors (Lipinski definition) is 0. The molecule has 0 nitrogen and oxygen atoms in total. The lowest BCUT2D eigenvalue weighted by molar-refractivity contribution is 0.928. The molecule has 0 radical (unpaired) electrons. The van der Waals surface area contributed by atoms with Crippen molar-refractivity contribution in [2.45, 2.75) is 27.5 Å². The van der Waals surface area contributed by atoms with E-state index in [9.17, 15) is 0 Å². The van der Waals surface area contributed by atoms with Crippen molar-refractivity contribution >= 4 is 10.9 Å². The van der Waals surface area contributed by atoms with Crippen LogP contribution in [-0.4, -0.2) is 0 Å². The lowest BCUT2D eigenvalue weighted by Crippen LogP contribution is -2.06. The van der Waals surface area contributed by atoms with Crippen molar-refractivity contribution in [3.05, 3.63) is 90.0 Å². The summed E-state index contributed by atoms with van der Waals surface area (Å²) in [6, 6.07) is 28.8. The zero-order valence-corrected chi connectivity index (χ0v) is 12.6. The second kappa shape index (κ2) is 5.42. The van der Waals surface area contributed by atoms with E-state index in [2.05, 4.69) is 78.9 Å². The van der Waals surface area contributed by atoms with Crippen LogP contribution in [0, 0.1) is 0 Å². The molecule has 0 aliphatic carbocycles. The summed E-state index contributed by atoms with van der Waals surface area (Å²) < 4.78 is 0. The fourth-order valence-electron chi connectivity index (χ4n) is 3.02. The zero-order chi connectivity index (χ0) is 14.1. The third-order valence-electron chi connectivity index (χ3n) is 4.03. The number of aryl methyl sites for hydroxylation is 2. The average molecular weight is 289 g/mol. The molecule has 1 aliphatic rings. The molecule has 1 aliphatic heterocycles. The Labute approximate surface area is 128 Å². The van der Waals surface area contributed by atoms with Crippen LogP contribution in [0.15, 0.2) is 93.5 Å². The van der Waals surface area contributed by atoms with Gasteiger partial charge in [-0.15, -0.1) is 0 Å². The molecule has 0 fully saturated rings. The van der Waals surface area contributed by atoms with Gasteiger partial charge in [0.05, 0.1) is 10.9 Å². The van der Waals surface area contributed by atoms with Crippen molar-refractivity contribution in [1.82, 2.24) is 0 Å². The molecule has 3 aromatic carbocycles. The molecule has 0 saturated heterocycles. The van der Waals surface area contributed by atoms with Crippen molar-refractivity contribution in [2.24, 2.45) is 0 Å². The fraction of sp³-hybridized carbons (Fsp3) is 0.100. The highest BCUT2D eigenvalue weighted by Crippen LogP contribution is 2.38. The molecule has 21 heavy (non-hydrogen) atoms. The highest BCUT2D eigenvalue weighted by atomic mass is 32.2. The molecule has 0 amide bonds. The monoisotopic (exact) mass is 289 g/mol. The van der Waals surface area contributed by atoms with Gasteiger partial charge in [-0.25, -0.2) is 0 Å². The Morgan fingerprint density at radius 1 is 0.524 bits per heavy atom. The first-order valence-electron chi connectivity index (χ1n) is 7.38. The Kier molecular flexibility index (Phi) is 3.28. The van der Waals surface area contributed by atoms with Gasteiger partial charge < -0.3 is 0 Å². The van der Waals surface area contributed by atoms with Crippen LogP contribution >= 0.6 is 0 Å². The molecule has 0 aromatic heterocycles. The van der Waals surface area contributed by atoms with Crippen LogP contribution in [0.1, 0.15) is 11.1 Å². The molecule has 102 valence electrons. The average Bonchev–Trinajstić information content (AvgIpc) is 2.72. The Bertz CT molecular complexity index is 714. The summed E-state index contributed by atoms with van der Waals surface area (Å²) in [5, 5.41) is 0. The van der Waals surface area contributed by atoms with Crippen LogP contribution in [-0.2, 0) is 23.7 Å². The highest BCUT2D eigenvalue weighted by Gasteiger charge is 2.34. The minimum atomic E-state index is 0.0247. The maximum Gasteiger partial charge on any atom is 0.169 e. The van der Waals surface area contributed by atoms with E-state index in [1.54, 1.807) is 0 Å². The quantitative estimate of drug-likeness (QED) is 0.560. The number of hydrogen-bond donors (Lipinski definition) is 0. The lowest BCUT2D eigenvalue weighted by Gasteiger charge is -2.09. The SMILES string of the molecule is c1ccc([S+]2c3ccccc3CCc3ccccc32)cc1. The van der Waals surface area contributed by atoms with Gasteiger partial charge in [0.15, 0.2) is 14.7 Å². The molecule has 4 rings (SSSR count). The second-order valence-corrected chi connectivity index (χ2v) is 7.30. The van der Waals surface area contributed by atoms with Crippen LogP contribution in [0.2, 0.25) is 0 Å². The summed E-state index contributed by atoms with van der Waals surface area (Å²) in [6.45, 7) is 0. The van der Waals surface area contributed by atoms with Crippen molar-refractivity contribution in [1.29, 1.82) is 0 Å². The van der Waals surface area contributed by atoms with E-state index >= 15 is 0 Å². The van der Waals surface area contributed by atoms with E-state index in [-0.39, 0.29) is 10.9 Å². The molecule has 1 heterocycles. The summed E-state index contributed by atoms with van der Waals surface area (Å²) >= 11 is 0. The van der Waals surface area contributed by atoms with Crippen LogP contribution in [0.5, 0.6) is 0 Å². The molecular formula is C20H17S+. The first kappa shape index (κ1) is 12.7. The van der Waals surface area contributed by atoms with Gasteiger partial charge in [-0.3, -0.25) is 0 Å². The molecule has 0 saturated carbocycles. The molecule has 0 atom stereocenters. The van der Waals surface area contributed by atoms with Crippen molar-refractivity contribution < 1.29 is 0 Å². The molecule has 0 spiro atoms. The first-order valence-corrected chi connectivity index (χ1v) is 8.61. The van der Waals surface area contributed by atoms with Crippen LogP contribution in [0.25, 0.3) is 0 Å². The van der Waals surface area contributed by atoms with E-state index in [4.69, 9.17) is 0 Å². The molecule has 3 aromatic rings. The molecule has 0 N–H and O–H groups in total. The van der Waals surface area contributed by atoms with Crippen molar-refractivity contribution in [3.63, 3.8) is 0 Å². The third-order valence-corrected chi connectivity index (χ3v) is 6.45. The van der Waals surface area contributed by atoms with E-state index in [1.807, 2.05) is 0 Å². The Hall–Kier alpha value is -1.99. The maximum atomic E-state index is 2.31. The van der Waals surface area contributed by atoms with E-state index in [0.29, 0.717) is 0 Å². The van der Waals surface area contributed by atoms with E-state index in [0.717, 1.165) is 12.8 Å². The summed E-state index contributed by atoms with van der Waals surface area (Å²) in [4.78, 5) is 4.40. The van der Waals surface area contributed by atoms with Gasteiger partial charge >= 0.3 is 0 Å². The van der Waals surface area contributed by atoms with Gasteiger partial charge in [-0.2, -0.15) is 0 Å². The van der Waals surface area contributed by atoms with Gasteiger partial charge in [-0.1, -0.05) is 54.6 Å². The van der Waals surface area contributed by atoms with E-state index in [1.165, 1.54) is 25.8 Å². The van der Waals surface area contributed by atoms with Crippen LogP contribution in [0.3, 0.4) is 0 Å². The number of fused-ring (bicyclic) bond motifs is 2. The molecular weight excluding hydrogens is 272 g/mol. The van der Waals surface area contributed by atoms with E-state index < -0.39 is 0 Å². The van der Waals surface area contributed by atoms with Crippen LogP contribution in [0.4, 0.5) is 0 Å². The minimum Gasteiger partial charge on any atom is -0.0619 e. The molecule has 1 heteroatoms. The smallest absolute Gasteiger partial charge is 0.0619 e. The first-order chi connectivity index (χ1) is 10.4. The van der Waals surface area contributed by atoms with Crippen molar-refractivity contribution in [3.8, 4) is 0 Å². The normalized spacial score (nSPS) is 14.1. The Morgan fingerprint density at radius 2 is 1.00 bits per heavy atom. The third kappa shape index (κ3) is 2.28. The van der Waals surface area contributed by atoms with Crippen molar-refractivity contribution in [2.75, 3.05) is 0 Å². The van der Waals surface area contributed by atoms with Gasteiger partial charge in [0.25, 0.3) is 0 Å². The van der Waals surface area contributed by atoms with Gasteiger partial charge in [0.2, 0.25) is 0 Å². The molecule has 0 unspecified atom stereocenters. The topological polar surface area (TPSA) is 0 Å².